The average Bonchev–Trinajstić information content (AvgIpc) is 3.06. The Morgan fingerprint density at radius 2 is 1.10 bits per heavy atom. The van der Waals surface area contributed by atoms with E-state index in [1.54, 1.807) is 6.92 Å². The summed E-state index contributed by atoms with van der Waals surface area (Å²) in [5.41, 5.74) is 0. The Balaban J connectivity index is 2.44. The van der Waals surface area contributed by atoms with Crippen LogP contribution in [0, 0.1) is 0 Å². The fourth-order valence-corrected chi connectivity index (χ4v) is 6.04. The summed E-state index contributed by atoms with van der Waals surface area (Å²) in [6.45, 7) is 2.85. The van der Waals surface area contributed by atoms with Crippen LogP contribution in [0.25, 0.3) is 0 Å². The first-order valence-corrected chi connectivity index (χ1v) is 20.1. The molecule has 0 bridgehead atoms. The lowest BCUT2D eigenvalue weighted by atomic mass is 10.0. The molecule has 0 aromatic rings. The molecule has 0 amide bonds. The SMILES string of the molecule is CC1COC(=O)CCCCCC=CCCCCCCCCC(OC(=O)CNCN(C)C)CCCCCCCCC=CCCCCCC(=O)O1. The molecule has 1 N–H and O–H groups in total. The van der Waals surface area contributed by atoms with E-state index < -0.39 is 6.10 Å². The third-order valence-corrected chi connectivity index (χ3v) is 8.94. The van der Waals surface area contributed by atoms with Gasteiger partial charge >= 0.3 is 17.9 Å². The monoisotopic (exact) mass is 691 g/mol. The fourth-order valence-electron chi connectivity index (χ4n) is 6.04. The van der Waals surface area contributed by atoms with E-state index in [1.165, 1.54) is 64.2 Å². The van der Waals surface area contributed by atoms with Crippen molar-refractivity contribution in [2.45, 2.75) is 186 Å². The zero-order valence-corrected chi connectivity index (χ0v) is 31.9. The predicted octanol–water partition coefficient (Wildman–Crippen LogP) is 9.75. The third-order valence-electron chi connectivity index (χ3n) is 8.94. The molecule has 0 spiro atoms. The summed E-state index contributed by atoms with van der Waals surface area (Å²) < 4.78 is 16.7. The van der Waals surface area contributed by atoms with Crippen LogP contribution < -0.4 is 5.32 Å². The summed E-state index contributed by atoms with van der Waals surface area (Å²) in [6.07, 6.45) is 36.4. The molecule has 8 nitrogen and oxygen atoms in total. The fraction of sp³-hybridized carbons (Fsp3) is 0.829. The molecule has 1 rings (SSSR count). The van der Waals surface area contributed by atoms with Crippen LogP contribution in [-0.2, 0) is 28.6 Å². The van der Waals surface area contributed by atoms with Gasteiger partial charge in [-0.15, -0.1) is 0 Å². The maximum atomic E-state index is 12.5. The number of nitrogens with one attached hydrogen (secondary N) is 1. The molecule has 0 aromatic heterocycles. The van der Waals surface area contributed by atoms with E-state index in [0.717, 1.165) is 89.9 Å². The quantitative estimate of drug-likeness (QED) is 0.132. The van der Waals surface area contributed by atoms with Crippen molar-refractivity contribution in [2.75, 3.05) is 33.9 Å². The Kier molecular flexibility index (Phi) is 30.2. The highest BCUT2D eigenvalue weighted by atomic mass is 16.6. The lowest BCUT2D eigenvalue weighted by molar-refractivity contribution is -0.158. The second-order valence-corrected chi connectivity index (χ2v) is 14.3. The van der Waals surface area contributed by atoms with Gasteiger partial charge in [-0.25, -0.2) is 0 Å². The summed E-state index contributed by atoms with van der Waals surface area (Å²) in [6, 6.07) is 0. The molecule has 8 heteroatoms. The van der Waals surface area contributed by atoms with Crippen LogP contribution in [0.3, 0.4) is 0 Å². The van der Waals surface area contributed by atoms with Crippen LogP contribution in [0.2, 0.25) is 0 Å². The maximum absolute atomic E-state index is 12.5. The number of cyclic esters (lactones) is 2. The lowest BCUT2D eigenvalue weighted by Gasteiger charge is -2.19. The molecular weight excluding hydrogens is 616 g/mol. The van der Waals surface area contributed by atoms with Crippen molar-refractivity contribution in [2.24, 2.45) is 0 Å². The van der Waals surface area contributed by atoms with Gasteiger partial charge in [0.05, 0.1) is 6.54 Å². The van der Waals surface area contributed by atoms with Crippen molar-refractivity contribution in [3.05, 3.63) is 24.3 Å². The van der Waals surface area contributed by atoms with Gasteiger partial charge in [-0.05, 0) is 111 Å². The summed E-state index contributed by atoms with van der Waals surface area (Å²) in [5, 5.41) is 3.16. The molecular formula is C41H74N2O6. The Labute approximate surface area is 300 Å². The number of carbonyl (C=O) groups is 3. The van der Waals surface area contributed by atoms with E-state index >= 15 is 0 Å². The second kappa shape index (κ2) is 33.0. The van der Waals surface area contributed by atoms with Crippen LogP contribution in [0.5, 0.6) is 0 Å². The summed E-state index contributed by atoms with van der Waals surface area (Å²) in [7, 11) is 3.96. The number of hydrogen-bond acceptors (Lipinski definition) is 8. The van der Waals surface area contributed by atoms with Crippen LogP contribution >= 0.6 is 0 Å². The van der Waals surface area contributed by atoms with Gasteiger partial charge in [0.25, 0.3) is 0 Å². The molecule has 1 aliphatic heterocycles. The van der Waals surface area contributed by atoms with Gasteiger partial charge < -0.3 is 14.2 Å². The molecule has 0 saturated carbocycles. The largest absolute Gasteiger partial charge is 0.462 e. The van der Waals surface area contributed by atoms with Gasteiger partial charge in [0.15, 0.2) is 0 Å². The summed E-state index contributed by atoms with van der Waals surface area (Å²) in [5.74, 6) is -0.553. The molecule has 2 atom stereocenters. The van der Waals surface area contributed by atoms with Gasteiger partial charge in [-0.2, -0.15) is 0 Å². The van der Waals surface area contributed by atoms with E-state index in [2.05, 4.69) is 29.6 Å². The van der Waals surface area contributed by atoms with E-state index in [-0.39, 0.29) is 37.2 Å². The molecule has 0 saturated heterocycles. The van der Waals surface area contributed by atoms with Crippen LogP contribution in [0.4, 0.5) is 0 Å². The van der Waals surface area contributed by atoms with Crippen molar-refractivity contribution < 1.29 is 28.6 Å². The number of rotatable bonds is 5. The Morgan fingerprint density at radius 1 is 0.673 bits per heavy atom. The van der Waals surface area contributed by atoms with Crippen molar-refractivity contribution in [1.29, 1.82) is 0 Å². The molecule has 0 fully saturated rings. The van der Waals surface area contributed by atoms with Crippen LogP contribution in [0.1, 0.15) is 174 Å². The standard InChI is InChI=1S/C41H74N2O6/c1-37-35-47-39(44)32-28-24-20-16-12-8-4-6-10-14-18-22-26-30-38(49-41(46)34-42-36-43(2)3)31-27-23-19-15-11-7-5-9-13-17-21-25-29-33-40(45)48-37/h8-9,12-13,37-38,42H,4-7,10-11,14-36H2,1-3H3. The van der Waals surface area contributed by atoms with Crippen molar-refractivity contribution in [1.82, 2.24) is 10.2 Å². The van der Waals surface area contributed by atoms with E-state index in [4.69, 9.17) is 14.2 Å². The zero-order valence-electron chi connectivity index (χ0n) is 31.9. The first kappa shape index (κ1) is 44.8. The highest BCUT2D eigenvalue weighted by molar-refractivity contribution is 5.71. The number of esters is 3. The molecule has 1 aliphatic rings. The van der Waals surface area contributed by atoms with Crippen molar-refractivity contribution in [3.63, 3.8) is 0 Å². The Hall–Kier alpha value is -2.19. The summed E-state index contributed by atoms with van der Waals surface area (Å²) in [4.78, 5) is 38.7. The third kappa shape index (κ3) is 31.5. The van der Waals surface area contributed by atoms with Gasteiger partial charge in [0, 0.05) is 19.5 Å². The predicted molar refractivity (Wildman–Crippen MR) is 201 cm³/mol. The zero-order chi connectivity index (χ0) is 35.6. The first-order chi connectivity index (χ1) is 23.9. The highest BCUT2D eigenvalue weighted by Crippen LogP contribution is 2.18. The normalized spacial score (nSPS) is 23.2. The minimum absolute atomic E-state index is 0.0385. The molecule has 0 radical (unpaired) electrons. The van der Waals surface area contributed by atoms with Crippen LogP contribution in [-0.4, -0.2) is 68.9 Å². The first-order valence-electron chi connectivity index (χ1n) is 20.1. The number of carbonyl (C=O) groups excluding carboxylic acids is 3. The molecule has 2 unspecified atom stereocenters. The Bertz CT molecular complexity index is 874. The van der Waals surface area contributed by atoms with E-state index in [0.29, 0.717) is 19.5 Å². The van der Waals surface area contributed by atoms with E-state index in [9.17, 15) is 14.4 Å². The average molecular weight is 691 g/mol. The minimum atomic E-state index is -0.407. The minimum Gasteiger partial charge on any atom is -0.462 e. The number of hydrogen-bond donors (Lipinski definition) is 1. The topological polar surface area (TPSA) is 94.2 Å². The smallest absolute Gasteiger partial charge is 0.320 e. The number of nitrogens with zero attached hydrogens (tertiary/aromatic N) is 1. The van der Waals surface area contributed by atoms with E-state index in [1.807, 2.05) is 19.0 Å². The molecule has 0 aromatic carbocycles. The van der Waals surface area contributed by atoms with Gasteiger partial charge in [0.2, 0.25) is 0 Å². The highest BCUT2D eigenvalue weighted by Gasteiger charge is 2.15. The lowest BCUT2D eigenvalue weighted by Crippen LogP contribution is -2.34. The molecule has 0 aliphatic carbocycles. The Morgan fingerprint density at radius 3 is 1.59 bits per heavy atom. The van der Waals surface area contributed by atoms with Gasteiger partial charge in [-0.1, -0.05) is 88.5 Å². The maximum Gasteiger partial charge on any atom is 0.320 e. The van der Waals surface area contributed by atoms with Crippen molar-refractivity contribution >= 4 is 17.9 Å². The molecule has 1 heterocycles. The van der Waals surface area contributed by atoms with Gasteiger partial charge in [0.1, 0.15) is 18.8 Å². The van der Waals surface area contributed by atoms with Gasteiger partial charge in [-0.3, -0.25) is 24.6 Å². The van der Waals surface area contributed by atoms with Crippen molar-refractivity contribution in [3.8, 4) is 0 Å². The summed E-state index contributed by atoms with van der Waals surface area (Å²) >= 11 is 0. The second-order valence-electron chi connectivity index (χ2n) is 14.3. The van der Waals surface area contributed by atoms with Crippen LogP contribution in [0.15, 0.2) is 24.3 Å². The number of allylic oxidation sites excluding steroid dienone is 4. The number of ether oxygens (including phenoxy) is 3. The molecule has 284 valence electrons. The molecule has 49 heavy (non-hydrogen) atoms.